The molecule has 4 heterocycles. The highest BCUT2D eigenvalue weighted by Crippen LogP contribution is 2.38. The van der Waals surface area contributed by atoms with Crippen molar-refractivity contribution in [3.05, 3.63) is 106 Å². The fourth-order valence-electron chi connectivity index (χ4n) is 4.93. The first-order valence-corrected chi connectivity index (χ1v) is 13.5. The molecule has 2 aromatic heterocycles. The Balaban J connectivity index is 1.45. The minimum Gasteiger partial charge on any atom is -0.463 e. The van der Waals surface area contributed by atoms with E-state index in [1.807, 2.05) is 0 Å². The summed E-state index contributed by atoms with van der Waals surface area (Å²) >= 11 is 1.18. The van der Waals surface area contributed by atoms with Crippen molar-refractivity contribution in [2.75, 3.05) is 13.4 Å². The van der Waals surface area contributed by atoms with Crippen molar-refractivity contribution >= 4 is 29.1 Å². The highest BCUT2D eigenvalue weighted by Gasteiger charge is 2.34. The number of thiazole rings is 1. The van der Waals surface area contributed by atoms with Crippen molar-refractivity contribution in [3.63, 3.8) is 0 Å². The molecule has 0 saturated carbocycles. The van der Waals surface area contributed by atoms with Gasteiger partial charge in [0.2, 0.25) is 6.79 Å². The number of nitro benzene ring substituents is 1. The molecule has 0 saturated heterocycles. The van der Waals surface area contributed by atoms with Gasteiger partial charge in [-0.05, 0) is 62.2 Å². The lowest BCUT2D eigenvalue weighted by molar-refractivity contribution is -0.384. The summed E-state index contributed by atoms with van der Waals surface area (Å²) in [6, 6.07) is 12.5. The van der Waals surface area contributed by atoms with E-state index in [4.69, 9.17) is 18.6 Å². The Morgan fingerprint density at radius 3 is 2.73 bits per heavy atom. The summed E-state index contributed by atoms with van der Waals surface area (Å²) in [4.78, 5) is 42.6. The summed E-state index contributed by atoms with van der Waals surface area (Å²) in [7, 11) is 0. The van der Waals surface area contributed by atoms with Gasteiger partial charge in [0.15, 0.2) is 16.3 Å². The number of hydrogen-bond acceptors (Lipinski definition) is 10. The maximum Gasteiger partial charge on any atom is 0.338 e. The maximum absolute atomic E-state index is 13.8. The second-order valence-corrected chi connectivity index (χ2v) is 10.4. The molecule has 2 aliphatic rings. The predicted molar refractivity (Wildman–Crippen MR) is 148 cm³/mol. The SMILES string of the molecule is CCOC(=O)C1=C(C)N=c2s/c(=C/c3ccc(-c4ccc([N+](=O)[O-])cc4C)o3)c(=O)n2[C@@H]1c1ccc2c(c1)OCO2. The number of allylic oxidation sites excluding steroid dienone is 1. The quantitative estimate of drug-likeness (QED) is 0.192. The van der Waals surface area contributed by atoms with Crippen molar-refractivity contribution in [1.82, 2.24) is 4.57 Å². The molecule has 41 heavy (non-hydrogen) atoms. The topological polar surface area (TPSA) is 135 Å². The van der Waals surface area contributed by atoms with Gasteiger partial charge in [0.1, 0.15) is 11.5 Å². The van der Waals surface area contributed by atoms with Gasteiger partial charge in [0.05, 0.1) is 33.4 Å². The largest absolute Gasteiger partial charge is 0.463 e. The number of rotatable bonds is 6. The first kappa shape index (κ1) is 26.3. The molecule has 0 unspecified atom stereocenters. The number of benzene rings is 2. The number of esters is 1. The molecule has 0 radical (unpaired) electrons. The van der Waals surface area contributed by atoms with Gasteiger partial charge >= 0.3 is 5.97 Å². The van der Waals surface area contributed by atoms with E-state index in [0.717, 1.165) is 0 Å². The molecule has 12 heteroatoms. The maximum atomic E-state index is 13.8. The molecule has 2 aliphatic heterocycles. The summed E-state index contributed by atoms with van der Waals surface area (Å²) in [6.07, 6.45) is 1.62. The Morgan fingerprint density at radius 2 is 1.98 bits per heavy atom. The number of carbonyl (C=O) groups excluding carboxylic acids is 1. The highest BCUT2D eigenvalue weighted by molar-refractivity contribution is 7.07. The number of fused-ring (bicyclic) bond motifs is 2. The van der Waals surface area contributed by atoms with Crippen LogP contribution in [-0.2, 0) is 9.53 Å². The van der Waals surface area contributed by atoms with Gasteiger partial charge in [-0.25, -0.2) is 9.79 Å². The summed E-state index contributed by atoms with van der Waals surface area (Å²) in [5.41, 5.74) is 2.39. The second-order valence-electron chi connectivity index (χ2n) is 9.37. The fourth-order valence-corrected chi connectivity index (χ4v) is 5.96. The van der Waals surface area contributed by atoms with E-state index >= 15 is 0 Å². The van der Waals surface area contributed by atoms with Crippen LogP contribution in [-0.4, -0.2) is 28.9 Å². The van der Waals surface area contributed by atoms with Gasteiger partial charge in [-0.2, -0.15) is 0 Å². The number of ether oxygens (including phenoxy) is 3. The second kappa shape index (κ2) is 10.2. The van der Waals surface area contributed by atoms with E-state index in [9.17, 15) is 19.7 Å². The van der Waals surface area contributed by atoms with E-state index in [2.05, 4.69) is 4.99 Å². The third-order valence-electron chi connectivity index (χ3n) is 6.82. The van der Waals surface area contributed by atoms with E-state index < -0.39 is 16.9 Å². The standard InChI is InChI=1S/C29H23N3O8S/c1-4-37-28(34)25-16(3)30-29-31(26(25)17-5-9-22-23(12-17)39-14-38-22)27(33)24(41-29)13-19-7-10-21(40-19)20-8-6-18(32(35)36)11-15(20)2/h5-13,26H,4,14H2,1-3H3/b24-13+/t26-/m1/s1. The molecule has 0 amide bonds. The number of furan rings is 1. The Morgan fingerprint density at radius 1 is 1.17 bits per heavy atom. The zero-order valence-corrected chi connectivity index (χ0v) is 23.0. The van der Waals surface area contributed by atoms with Crippen LogP contribution in [0.5, 0.6) is 11.5 Å². The summed E-state index contributed by atoms with van der Waals surface area (Å²) in [5.74, 6) is 1.47. The van der Waals surface area contributed by atoms with E-state index in [1.54, 1.807) is 63.2 Å². The van der Waals surface area contributed by atoms with E-state index in [-0.39, 0.29) is 30.2 Å². The normalized spacial score (nSPS) is 16.0. The van der Waals surface area contributed by atoms with Gasteiger partial charge in [0.25, 0.3) is 11.2 Å². The zero-order chi connectivity index (χ0) is 28.8. The molecule has 0 N–H and O–H groups in total. The monoisotopic (exact) mass is 573 g/mol. The Hall–Kier alpha value is -4.97. The lowest BCUT2D eigenvalue weighted by Gasteiger charge is -2.24. The molecular weight excluding hydrogens is 550 g/mol. The van der Waals surface area contributed by atoms with Crippen molar-refractivity contribution in [3.8, 4) is 22.8 Å². The van der Waals surface area contributed by atoms with Gasteiger partial charge in [-0.1, -0.05) is 17.4 Å². The third kappa shape index (κ3) is 4.61. The predicted octanol–water partition coefficient (Wildman–Crippen LogP) is 4.00. The summed E-state index contributed by atoms with van der Waals surface area (Å²) < 4.78 is 24.2. The van der Waals surface area contributed by atoms with Crippen LogP contribution in [0.2, 0.25) is 0 Å². The number of aryl methyl sites for hydroxylation is 1. The number of carbonyl (C=O) groups is 1. The van der Waals surface area contributed by atoms with Crippen molar-refractivity contribution in [1.29, 1.82) is 0 Å². The van der Waals surface area contributed by atoms with Crippen LogP contribution in [0.25, 0.3) is 17.4 Å². The van der Waals surface area contributed by atoms with Gasteiger partial charge in [-0.15, -0.1) is 0 Å². The fraction of sp³-hybridized carbons (Fsp3) is 0.207. The third-order valence-corrected chi connectivity index (χ3v) is 7.80. The van der Waals surface area contributed by atoms with Crippen molar-refractivity contribution in [2.45, 2.75) is 26.8 Å². The summed E-state index contributed by atoms with van der Waals surface area (Å²) in [6.45, 7) is 5.46. The van der Waals surface area contributed by atoms with Gasteiger partial charge < -0.3 is 18.6 Å². The number of hydrogen-bond donors (Lipinski definition) is 0. The first-order valence-electron chi connectivity index (χ1n) is 12.7. The lowest BCUT2D eigenvalue weighted by atomic mass is 9.95. The molecule has 6 rings (SSSR count). The Labute approximate surface area is 236 Å². The smallest absolute Gasteiger partial charge is 0.338 e. The number of nitro groups is 1. The van der Waals surface area contributed by atoms with Crippen LogP contribution in [0, 0.1) is 17.0 Å². The molecule has 208 valence electrons. The highest BCUT2D eigenvalue weighted by atomic mass is 32.1. The molecule has 1 atom stereocenters. The lowest BCUT2D eigenvalue weighted by Crippen LogP contribution is -2.39. The minimum absolute atomic E-state index is 0.00589. The molecule has 0 bridgehead atoms. The van der Waals surface area contributed by atoms with Crippen LogP contribution in [0.15, 0.2) is 74.0 Å². The average molecular weight is 574 g/mol. The molecule has 0 aliphatic carbocycles. The molecule has 11 nitrogen and oxygen atoms in total. The van der Waals surface area contributed by atoms with Crippen molar-refractivity contribution in [2.24, 2.45) is 4.99 Å². The van der Waals surface area contributed by atoms with E-state index in [0.29, 0.717) is 54.7 Å². The Bertz CT molecular complexity index is 1950. The average Bonchev–Trinajstić information content (AvgIpc) is 3.67. The molecule has 2 aromatic carbocycles. The van der Waals surface area contributed by atoms with Crippen LogP contribution in [0.3, 0.4) is 0 Å². The van der Waals surface area contributed by atoms with Crippen LogP contribution in [0.4, 0.5) is 5.69 Å². The van der Waals surface area contributed by atoms with Gasteiger partial charge in [-0.3, -0.25) is 19.5 Å². The van der Waals surface area contributed by atoms with Crippen LogP contribution < -0.4 is 24.4 Å². The number of aromatic nitrogens is 1. The Kier molecular flexibility index (Phi) is 6.54. The van der Waals surface area contributed by atoms with Crippen LogP contribution >= 0.6 is 11.3 Å². The molecule has 0 fully saturated rings. The summed E-state index contributed by atoms with van der Waals surface area (Å²) in [5, 5.41) is 11.1. The minimum atomic E-state index is -0.795. The molecular formula is C29H23N3O8S. The zero-order valence-electron chi connectivity index (χ0n) is 22.2. The van der Waals surface area contributed by atoms with Crippen molar-refractivity contribution < 1.29 is 28.3 Å². The number of non-ortho nitro benzene ring substituents is 1. The first-order chi connectivity index (χ1) is 19.7. The molecule has 4 aromatic rings. The number of nitrogens with zero attached hydrogens (tertiary/aromatic N) is 3. The van der Waals surface area contributed by atoms with Crippen LogP contribution in [0.1, 0.15) is 36.8 Å². The van der Waals surface area contributed by atoms with E-state index in [1.165, 1.54) is 28.0 Å². The van der Waals surface area contributed by atoms with Gasteiger partial charge in [0, 0.05) is 23.8 Å². The molecule has 0 spiro atoms.